The summed E-state index contributed by atoms with van der Waals surface area (Å²) in [6.45, 7) is 0.555. The quantitative estimate of drug-likeness (QED) is 0.749. The Labute approximate surface area is 144 Å². The second-order valence-electron chi connectivity index (χ2n) is 5.95. The van der Waals surface area contributed by atoms with Gasteiger partial charge in [0, 0.05) is 12.1 Å². The van der Waals surface area contributed by atoms with E-state index in [0.717, 1.165) is 11.3 Å². The number of halogens is 1. The second kappa shape index (κ2) is 6.17. The van der Waals surface area contributed by atoms with E-state index in [4.69, 9.17) is 16.3 Å². The third-order valence-corrected chi connectivity index (χ3v) is 4.29. The van der Waals surface area contributed by atoms with Crippen molar-refractivity contribution in [1.29, 1.82) is 0 Å². The number of aromatic hydroxyl groups is 1. The molecule has 1 aliphatic rings. The highest BCUT2D eigenvalue weighted by atomic mass is 35.5. The van der Waals surface area contributed by atoms with E-state index < -0.39 is 0 Å². The lowest BCUT2D eigenvalue weighted by atomic mass is 10.2. The van der Waals surface area contributed by atoms with Crippen molar-refractivity contribution >= 4 is 11.6 Å². The lowest BCUT2D eigenvalue weighted by Crippen LogP contribution is -2.00. The maximum absolute atomic E-state index is 10.2. The maximum atomic E-state index is 10.2. The van der Waals surface area contributed by atoms with Gasteiger partial charge in [-0.1, -0.05) is 35.0 Å². The molecule has 0 unspecified atom stereocenters. The van der Waals surface area contributed by atoms with Gasteiger partial charge in [-0.05, 0) is 42.7 Å². The fourth-order valence-corrected chi connectivity index (χ4v) is 2.71. The van der Waals surface area contributed by atoms with Gasteiger partial charge in [0.25, 0.3) is 0 Å². The highest BCUT2D eigenvalue weighted by molar-refractivity contribution is 6.32. The molecule has 0 aliphatic heterocycles. The van der Waals surface area contributed by atoms with E-state index in [1.54, 1.807) is 28.9 Å². The average Bonchev–Trinajstić information content (AvgIpc) is 3.32. The Kier molecular flexibility index (Phi) is 3.86. The Morgan fingerprint density at radius 2 is 2.00 bits per heavy atom. The van der Waals surface area contributed by atoms with Crippen LogP contribution in [0.5, 0.6) is 17.2 Å². The first-order valence-electron chi connectivity index (χ1n) is 7.83. The molecule has 1 aliphatic carbocycles. The molecule has 1 saturated carbocycles. The standard InChI is InChI=1S/C18H16ClN3O2/c19-14-3-1-2-4-17(14)24-18-8-5-12(9-16(18)23)10-22-11-15(20-21-22)13-6-7-13/h1-5,8-9,11,13,23H,6-7,10H2. The summed E-state index contributed by atoms with van der Waals surface area (Å²) < 4.78 is 7.46. The minimum absolute atomic E-state index is 0.0648. The molecule has 0 atom stereocenters. The number of hydrogen-bond donors (Lipinski definition) is 1. The first-order valence-corrected chi connectivity index (χ1v) is 8.21. The van der Waals surface area contributed by atoms with E-state index in [1.165, 1.54) is 12.8 Å². The van der Waals surface area contributed by atoms with E-state index in [2.05, 4.69) is 10.3 Å². The van der Waals surface area contributed by atoms with Crippen molar-refractivity contribution in [2.24, 2.45) is 0 Å². The zero-order valence-electron chi connectivity index (χ0n) is 12.9. The van der Waals surface area contributed by atoms with Gasteiger partial charge in [0.1, 0.15) is 5.75 Å². The fraction of sp³-hybridized carbons (Fsp3) is 0.222. The summed E-state index contributed by atoms with van der Waals surface area (Å²) in [5, 5.41) is 19.0. The molecule has 0 amide bonds. The highest BCUT2D eigenvalue weighted by Gasteiger charge is 2.26. The lowest BCUT2D eigenvalue weighted by molar-refractivity contribution is 0.410. The summed E-state index contributed by atoms with van der Waals surface area (Å²) in [6.07, 6.45) is 4.38. The van der Waals surface area contributed by atoms with Crippen LogP contribution in [0.25, 0.3) is 0 Å². The third-order valence-electron chi connectivity index (χ3n) is 3.98. The molecular formula is C18H16ClN3O2. The number of hydrogen-bond acceptors (Lipinski definition) is 4. The number of rotatable bonds is 5. The Balaban J connectivity index is 1.49. The Morgan fingerprint density at radius 3 is 2.75 bits per heavy atom. The van der Waals surface area contributed by atoms with Gasteiger partial charge in [0.15, 0.2) is 11.5 Å². The largest absolute Gasteiger partial charge is 0.504 e. The van der Waals surface area contributed by atoms with Crippen molar-refractivity contribution in [3.8, 4) is 17.2 Å². The van der Waals surface area contributed by atoms with Gasteiger partial charge in [-0.15, -0.1) is 5.10 Å². The Hall–Kier alpha value is -2.53. The van der Waals surface area contributed by atoms with Crippen LogP contribution in [0.1, 0.15) is 30.0 Å². The molecule has 0 bridgehead atoms. The third kappa shape index (κ3) is 3.21. The minimum Gasteiger partial charge on any atom is -0.504 e. The van der Waals surface area contributed by atoms with Gasteiger partial charge in [-0.25, -0.2) is 4.68 Å². The number of ether oxygens (including phenoxy) is 1. The van der Waals surface area contributed by atoms with Gasteiger partial charge in [0.2, 0.25) is 0 Å². The van der Waals surface area contributed by atoms with E-state index >= 15 is 0 Å². The minimum atomic E-state index is 0.0648. The summed E-state index contributed by atoms with van der Waals surface area (Å²) in [5.41, 5.74) is 1.98. The molecule has 0 saturated heterocycles. The summed E-state index contributed by atoms with van der Waals surface area (Å²) in [4.78, 5) is 0. The van der Waals surface area contributed by atoms with Gasteiger partial charge in [0.05, 0.1) is 17.3 Å². The van der Waals surface area contributed by atoms with E-state index in [9.17, 15) is 5.11 Å². The molecule has 2 aromatic carbocycles. The summed E-state index contributed by atoms with van der Waals surface area (Å²) in [5.74, 6) is 1.52. The van der Waals surface area contributed by atoms with Crippen LogP contribution in [0.4, 0.5) is 0 Å². The number of phenols is 1. The van der Waals surface area contributed by atoms with Gasteiger partial charge < -0.3 is 9.84 Å². The average molecular weight is 342 g/mol. The zero-order chi connectivity index (χ0) is 16.5. The van der Waals surface area contributed by atoms with Crippen molar-refractivity contribution in [3.63, 3.8) is 0 Å². The number of para-hydroxylation sites is 1. The van der Waals surface area contributed by atoms with Crippen LogP contribution in [0, 0.1) is 0 Å². The molecule has 5 nitrogen and oxygen atoms in total. The Morgan fingerprint density at radius 1 is 1.17 bits per heavy atom. The molecule has 0 spiro atoms. The fourth-order valence-electron chi connectivity index (χ4n) is 2.54. The first kappa shape index (κ1) is 15.0. The van der Waals surface area contributed by atoms with Crippen LogP contribution in [-0.2, 0) is 6.54 Å². The number of aromatic nitrogens is 3. The predicted molar refractivity (Wildman–Crippen MR) is 90.7 cm³/mol. The molecule has 4 rings (SSSR count). The van der Waals surface area contributed by atoms with Crippen molar-refractivity contribution in [2.75, 3.05) is 0 Å². The molecular weight excluding hydrogens is 326 g/mol. The molecule has 1 N–H and O–H groups in total. The van der Waals surface area contributed by atoms with E-state index in [-0.39, 0.29) is 5.75 Å². The molecule has 0 radical (unpaired) electrons. The maximum Gasteiger partial charge on any atom is 0.169 e. The Bertz CT molecular complexity index is 874. The molecule has 122 valence electrons. The van der Waals surface area contributed by atoms with Crippen molar-refractivity contribution < 1.29 is 9.84 Å². The van der Waals surface area contributed by atoms with Crippen LogP contribution >= 0.6 is 11.6 Å². The molecule has 3 aromatic rings. The monoisotopic (exact) mass is 341 g/mol. The van der Waals surface area contributed by atoms with Crippen LogP contribution < -0.4 is 4.74 Å². The number of nitrogens with zero attached hydrogens (tertiary/aromatic N) is 3. The van der Waals surface area contributed by atoms with Gasteiger partial charge in [-0.3, -0.25) is 0 Å². The van der Waals surface area contributed by atoms with E-state index in [1.807, 2.05) is 24.4 Å². The van der Waals surface area contributed by atoms with Crippen molar-refractivity contribution in [1.82, 2.24) is 15.0 Å². The predicted octanol–water partition coefficient (Wildman–Crippen LogP) is 4.36. The molecule has 6 heteroatoms. The molecule has 1 aromatic heterocycles. The van der Waals surface area contributed by atoms with Gasteiger partial charge in [-0.2, -0.15) is 0 Å². The van der Waals surface area contributed by atoms with Gasteiger partial charge >= 0.3 is 0 Å². The summed E-state index contributed by atoms with van der Waals surface area (Å²) in [7, 11) is 0. The van der Waals surface area contributed by atoms with Crippen LogP contribution in [0.2, 0.25) is 5.02 Å². The topological polar surface area (TPSA) is 60.2 Å². The highest BCUT2D eigenvalue weighted by Crippen LogP contribution is 2.38. The van der Waals surface area contributed by atoms with Crippen molar-refractivity contribution in [2.45, 2.75) is 25.3 Å². The smallest absolute Gasteiger partial charge is 0.169 e. The van der Waals surface area contributed by atoms with Crippen LogP contribution in [-0.4, -0.2) is 20.1 Å². The zero-order valence-corrected chi connectivity index (χ0v) is 13.6. The number of phenolic OH excluding ortho intramolecular Hbond substituents is 1. The van der Waals surface area contributed by atoms with E-state index in [0.29, 0.717) is 29.0 Å². The first-order chi connectivity index (χ1) is 11.7. The molecule has 1 fully saturated rings. The lowest BCUT2D eigenvalue weighted by Gasteiger charge is -2.10. The number of benzene rings is 2. The summed E-state index contributed by atoms with van der Waals surface area (Å²) >= 11 is 6.07. The second-order valence-corrected chi connectivity index (χ2v) is 6.36. The molecule has 24 heavy (non-hydrogen) atoms. The van der Waals surface area contributed by atoms with Crippen LogP contribution in [0.3, 0.4) is 0 Å². The molecule has 1 heterocycles. The SMILES string of the molecule is Oc1cc(Cn2cc(C3CC3)nn2)ccc1Oc1ccccc1Cl. The summed E-state index contributed by atoms with van der Waals surface area (Å²) in [6, 6.07) is 12.4. The normalized spacial score (nSPS) is 13.9. The van der Waals surface area contributed by atoms with Crippen molar-refractivity contribution in [3.05, 3.63) is 64.9 Å². The van der Waals surface area contributed by atoms with Crippen LogP contribution in [0.15, 0.2) is 48.7 Å².